The number of rotatable bonds is 16. The van der Waals surface area contributed by atoms with Crippen LogP contribution in [0.5, 0.6) is 0 Å². The summed E-state index contributed by atoms with van der Waals surface area (Å²) in [5, 5.41) is 29.5. The van der Waals surface area contributed by atoms with Crippen LogP contribution < -0.4 is 0 Å². The van der Waals surface area contributed by atoms with Gasteiger partial charge in [-0.1, -0.05) is 72.8 Å². The monoisotopic (exact) mass is 799 g/mol. The highest BCUT2D eigenvalue weighted by atomic mass is 16.5. The predicted octanol–water partition coefficient (Wildman–Crippen LogP) is 8.11. The van der Waals surface area contributed by atoms with Crippen LogP contribution in [0.15, 0.2) is 97.1 Å². The van der Waals surface area contributed by atoms with Gasteiger partial charge in [0.2, 0.25) is 0 Å². The Balaban J connectivity index is 0.000000185. The third kappa shape index (κ3) is 11.0. The second-order valence-corrected chi connectivity index (χ2v) is 17.1. The number of fused-ring (bicyclic) bond motifs is 4. The van der Waals surface area contributed by atoms with Crippen molar-refractivity contribution in [1.82, 2.24) is 4.90 Å². The van der Waals surface area contributed by atoms with Crippen molar-refractivity contribution in [3.8, 4) is 0 Å². The number of aromatic carboxylic acids is 1. The molecule has 2 aliphatic heterocycles. The summed E-state index contributed by atoms with van der Waals surface area (Å²) in [6, 6.07) is 30.4. The van der Waals surface area contributed by atoms with Gasteiger partial charge in [-0.05, 0) is 135 Å². The van der Waals surface area contributed by atoms with Crippen molar-refractivity contribution in [2.24, 2.45) is 11.8 Å². The van der Waals surface area contributed by atoms with Gasteiger partial charge in [-0.2, -0.15) is 0 Å². The largest absolute Gasteiger partial charge is 0.478 e. The maximum atomic E-state index is 13.0. The van der Waals surface area contributed by atoms with E-state index in [0.717, 1.165) is 57.8 Å². The average molecular weight is 800 g/mol. The summed E-state index contributed by atoms with van der Waals surface area (Å²) in [7, 11) is 0. The van der Waals surface area contributed by atoms with Gasteiger partial charge in [0.25, 0.3) is 5.91 Å². The molecule has 9 heteroatoms. The van der Waals surface area contributed by atoms with Gasteiger partial charge in [0.1, 0.15) is 0 Å². The molecule has 59 heavy (non-hydrogen) atoms. The normalized spacial score (nSPS) is 19.3. The number of ketones is 2. The van der Waals surface area contributed by atoms with Crippen molar-refractivity contribution in [1.29, 1.82) is 0 Å². The Labute approximate surface area is 347 Å². The molecule has 4 unspecified atom stereocenters. The Kier molecular flexibility index (Phi) is 14.2. The van der Waals surface area contributed by atoms with E-state index >= 15 is 0 Å². The summed E-state index contributed by atoms with van der Waals surface area (Å²) in [6.07, 6.45) is 10.4. The fraction of sp³-hybridized carbons (Fsp3) is 0.440. The lowest BCUT2D eigenvalue weighted by atomic mass is 9.95. The molecule has 2 heterocycles. The number of Topliss-reactive ketones (excluding diaryl/α,β-unsaturated/α-hetero) is 2. The molecule has 0 aromatic heterocycles. The van der Waals surface area contributed by atoms with Crippen molar-refractivity contribution in [3.63, 3.8) is 0 Å². The zero-order valence-corrected chi connectivity index (χ0v) is 33.8. The number of ether oxygens (including phenoxy) is 1. The third-order valence-electron chi connectivity index (χ3n) is 12.9. The van der Waals surface area contributed by atoms with Gasteiger partial charge in [0.05, 0.1) is 43.1 Å². The van der Waals surface area contributed by atoms with Crippen LogP contribution >= 0.6 is 0 Å². The highest BCUT2D eigenvalue weighted by molar-refractivity contribution is 5.99. The number of hydrogen-bond acceptors (Lipinski definition) is 7. The molecule has 1 amide bonds. The van der Waals surface area contributed by atoms with Crippen LogP contribution in [0.25, 0.3) is 0 Å². The van der Waals surface area contributed by atoms with Crippen LogP contribution in [0.2, 0.25) is 0 Å². The number of carboxylic acids is 1. The van der Waals surface area contributed by atoms with Crippen LogP contribution in [0.4, 0.5) is 0 Å². The van der Waals surface area contributed by atoms with Crippen LogP contribution in [0, 0.1) is 11.8 Å². The molecule has 4 aromatic carbocycles. The zero-order chi connectivity index (χ0) is 41.3. The highest BCUT2D eigenvalue weighted by Gasteiger charge is 2.40. The molecule has 0 spiro atoms. The number of carbonyl (C=O) groups is 4. The second-order valence-electron chi connectivity index (χ2n) is 17.1. The number of nitrogens with zero attached hydrogens (tertiary/aromatic N) is 1. The first-order valence-electron chi connectivity index (χ1n) is 21.5. The van der Waals surface area contributed by atoms with E-state index in [1.807, 2.05) is 4.90 Å². The van der Waals surface area contributed by atoms with E-state index in [4.69, 9.17) is 9.84 Å². The molecule has 310 valence electrons. The molecule has 4 atom stereocenters. The Hall–Kier alpha value is -4.96. The number of hydrogen-bond donors (Lipinski definition) is 3. The molecule has 0 saturated carbocycles. The van der Waals surface area contributed by atoms with Crippen molar-refractivity contribution in [3.05, 3.63) is 142 Å². The maximum Gasteiger partial charge on any atom is 0.335 e. The molecule has 2 aliphatic carbocycles. The van der Waals surface area contributed by atoms with Crippen molar-refractivity contribution in [2.45, 2.75) is 114 Å². The molecule has 2 saturated heterocycles. The van der Waals surface area contributed by atoms with E-state index in [-0.39, 0.29) is 41.5 Å². The van der Waals surface area contributed by atoms with E-state index in [2.05, 4.69) is 48.5 Å². The molecule has 4 aromatic rings. The molecule has 0 radical (unpaired) electrons. The lowest BCUT2D eigenvalue weighted by Crippen LogP contribution is -2.49. The molecule has 9 nitrogen and oxygen atoms in total. The quantitative estimate of drug-likeness (QED) is 0.0966. The number of morpholine rings is 1. The summed E-state index contributed by atoms with van der Waals surface area (Å²) in [5.74, 6) is 0.172. The Morgan fingerprint density at radius 1 is 0.542 bits per heavy atom. The summed E-state index contributed by atoms with van der Waals surface area (Å²) < 4.78 is 5.57. The van der Waals surface area contributed by atoms with Crippen molar-refractivity contribution < 1.29 is 39.2 Å². The van der Waals surface area contributed by atoms with Crippen LogP contribution in [0.3, 0.4) is 0 Å². The summed E-state index contributed by atoms with van der Waals surface area (Å²) in [4.78, 5) is 50.6. The molecule has 2 fully saturated rings. The van der Waals surface area contributed by atoms with E-state index in [1.54, 1.807) is 24.3 Å². The summed E-state index contributed by atoms with van der Waals surface area (Å²) >= 11 is 0. The first kappa shape index (κ1) is 42.2. The van der Waals surface area contributed by atoms with E-state index in [0.29, 0.717) is 67.4 Å². The zero-order valence-electron chi connectivity index (χ0n) is 33.8. The standard InChI is InChI=1S/C28H33NO4.C22H24O4/c30-26(12-5-19-15-22-3-1-2-4-23(22)16-19)13-14-27(31)20-6-8-21(9-7-20)28(32)29-24-10-11-25(29)18-33-17-24;23-20(10-5-15-13-18-3-1-2-4-19(18)14-15)11-12-21(24)16-6-8-17(9-7-16)22(25)26/h1-4,6-9,19,24-26,30H,5,10-18H2;1-4,6-9,15,20,23H,5,10-14H2,(H,25,26). The number of amides is 1. The van der Waals surface area contributed by atoms with Gasteiger partial charge < -0.3 is 25.0 Å². The SMILES string of the molecule is O=C(CCC(O)CCC1Cc2ccccc2C1)c1ccc(C(=O)N2C3CCC2COC3)cc1.O=C(O)c1ccc(C(=O)CCC(O)CCC2Cc3ccccc3C2)cc1. The molecular weight excluding hydrogens is 743 g/mol. The van der Waals surface area contributed by atoms with Gasteiger partial charge in [-0.15, -0.1) is 0 Å². The number of benzene rings is 4. The minimum atomic E-state index is -1.01. The van der Waals surface area contributed by atoms with Gasteiger partial charge in [-0.25, -0.2) is 4.79 Å². The van der Waals surface area contributed by atoms with Crippen LogP contribution in [-0.2, 0) is 30.4 Å². The van der Waals surface area contributed by atoms with E-state index in [1.165, 1.54) is 46.5 Å². The first-order valence-corrected chi connectivity index (χ1v) is 21.5. The predicted molar refractivity (Wildman–Crippen MR) is 226 cm³/mol. The summed E-state index contributed by atoms with van der Waals surface area (Å²) in [6.45, 7) is 1.24. The molecule has 8 rings (SSSR count). The van der Waals surface area contributed by atoms with Gasteiger partial charge in [-0.3, -0.25) is 14.4 Å². The minimum Gasteiger partial charge on any atom is -0.478 e. The fourth-order valence-electron chi connectivity index (χ4n) is 9.44. The topological polar surface area (TPSA) is 141 Å². The first-order chi connectivity index (χ1) is 28.6. The average Bonchev–Trinajstić information content (AvgIpc) is 3.95. The number of carbonyl (C=O) groups excluding carboxylic acids is 3. The second kappa shape index (κ2) is 19.9. The molecular formula is C50H57NO8. The van der Waals surface area contributed by atoms with Crippen molar-refractivity contribution in [2.75, 3.05) is 13.2 Å². The maximum absolute atomic E-state index is 13.0. The molecule has 4 aliphatic rings. The lowest BCUT2D eigenvalue weighted by molar-refractivity contribution is -0.00716. The lowest BCUT2D eigenvalue weighted by Gasteiger charge is -2.34. The van der Waals surface area contributed by atoms with Crippen LogP contribution in [0.1, 0.15) is 128 Å². The Bertz CT molecular complexity index is 2010. The van der Waals surface area contributed by atoms with E-state index in [9.17, 15) is 29.4 Å². The number of aliphatic hydroxyl groups excluding tert-OH is 2. The summed E-state index contributed by atoms with van der Waals surface area (Å²) in [5.41, 5.74) is 7.62. The molecule has 3 N–H and O–H groups in total. The third-order valence-corrected chi connectivity index (χ3v) is 12.9. The highest BCUT2D eigenvalue weighted by Crippen LogP contribution is 2.32. The van der Waals surface area contributed by atoms with Gasteiger partial charge in [0.15, 0.2) is 11.6 Å². The van der Waals surface area contributed by atoms with Gasteiger partial charge >= 0.3 is 5.97 Å². The number of carboxylic acid groups (broad SMARTS) is 1. The minimum absolute atomic E-state index is 0.0211. The Morgan fingerprint density at radius 3 is 1.31 bits per heavy atom. The van der Waals surface area contributed by atoms with Crippen molar-refractivity contribution >= 4 is 23.4 Å². The Morgan fingerprint density at radius 2 is 0.915 bits per heavy atom. The molecule has 2 bridgehead atoms. The smallest absolute Gasteiger partial charge is 0.335 e. The van der Waals surface area contributed by atoms with Gasteiger partial charge in [0, 0.05) is 29.5 Å². The van der Waals surface area contributed by atoms with Crippen LogP contribution in [-0.4, -0.2) is 81.2 Å². The fourth-order valence-corrected chi connectivity index (χ4v) is 9.44. The number of aliphatic hydroxyl groups is 2. The van der Waals surface area contributed by atoms with E-state index < -0.39 is 18.2 Å².